The fraction of sp³-hybridized carbons (Fsp3) is 1.00. The van der Waals surface area contributed by atoms with Crippen LogP contribution in [0.5, 0.6) is 0 Å². The molecule has 0 spiro atoms. The molecule has 1 rings (SSSR count). The van der Waals surface area contributed by atoms with Gasteiger partial charge in [0.1, 0.15) is 6.10 Å². The third kappa shape index (κ3) is 1.62. The highest BCUT2D eigenvalue weighted by Gasteiger charge is 2.26. The minimum atomic E-state index is -0.914. The van der Waals surface area contributed by atoms with Gasteiger partial charge in [0.2, 0.25) is 0 Å². The Bertz CT molecular complexity index is 95.0. The fourth-order valence-corrected chi connectivity index (χ4v) is 0.752. The van der Waals surface area contributed by atoms with Crippen molar-refractivity contribution in [3.05, 3.63) is 0 Å². The van der Waals surface area contributed by atoms with E-state index in [-0.39, 0.29) is 13.0 Å². The Morgan fingerprint density at radius 1 is 1.11 bits per heavy atom. The van der Waals surface area contributed by atoms with Gasteiger partial charge < -0.3 is 20.1 Å². The van der Waals surface area contributed by atoms with Crippen LogP contribution in [-0.2, 0) is 4.74 Å². The second-order valence-electron chi connectivity index (χ2n) is 2.16. The Labute approximate surface area is 52.7 Å². The van der Waals surface area contributed by atoms with Gasteiger partial charge in [-0.2, -0.15) is 0 Å². The van der Waals surface area contributed by atoms with Crippen LogP contribution in [0.1, 0.15) is 6.42 Å². The second kappa shape index (κ2) is 2.62. The van der Waals surface area contributed by atoms with Crippen molar-refractivity contribution >= 4 is 0 Å². The molecule has 0 aromatic heterocycles. The van der Waals surface area contributed by atoms with Gasteiger partial charge in [-0.3, -0.25) is 0 Å². The van der Waals surface area contributed by atoms with Gasteiger partial charge in [0.15, 0.2) is 6.29 Å². The van der Waals surface area contributed by atoms with Crippen LogP contribution in [-0.4, -0.2) is 40.4 Å². The van der Waals surface area contributed by atoms with E-state index >= 15 is 0 Å². The Hall–Kier alpha value is -0.160. The largest absolute Gasteiger partial charge is 0.390 e. The van der Waals surface area contributed by atoms with Crippen molar-refractivity contribution in [1.29, 1.82) is 0 Å². The second-order valence-corrected chi connectivity index (χ2v) is 2.16. The SMILES string of the molecule is OC1CO[C@@H](O)CC1O. The van der Waals surface area contributed by atoms with Crippen molar-refractivity contribution in [3.8, 4) is 0 Å². The monoisotopic (exact) mass is 134 g/mol. The highest BCUT2D eigenvalue weighted by molar-refractivity contribution is 4.72. The van der Waals surface area contributed by atoms with Crippen LogP contribution in [0.3, 0.4) is 0 Å². The van der Waals surface area contributed by atoms with Crippen LogP contribution in [0.2, 0.25) is 0 Å². The van der Waals surface area contributed by atoms with Crippen LogP contribution >= 0.6 is 0 Å². The average molecular weight is 134 g/mol. The van der Waals surface area contributed by atoms with Gasteiger partial charge in [-0.15, -0.1) is 0 Å². The highest BCUT2D eigenvalue weighted by Crippen LogP contribution is 2.11. The Morgan fingerprint density at radius 3 is 2.22 bits per heavy atom. The lowest BCUT2D eigenvalue weighted by Crippen LogP contribution is -2.40. The van der Waals surface area contributed by atoms with Crippen LogP contribution in [0, 0.1) is 0 Å². The van der Waals surface area contributed by atoms with Gasteiger partial charge >= 0.3 is 0 Å². The van der Waals surface area contributed by atoms with Gasteiger partial charge in [-0.25, -0.2) is 0 Å². The molecule has 0 saturated carbocycles. The van der Waals surface area contributed by atoms with Crippen molar-refractivity contribution in [2.45, 2.75) is 24.9 Å². The average Bonchev–Trinajstić information content (AvgIpc) is 1.80. The maximum Gasteiger partial charge on any atom is 0.157 e. The molecular weight excluding hydrogens is 124 g/mol. The quantitative estimate of drug-likeness (QED) is 0.375. The molecule has 54 valence electrons. The molecule has 1 heterocycles. The van der Waals surface area contributed by atoms with Gasteiger partial charge in [-0.1, -0.05) is 0 Å². The maximum atomic E-state index is 8.86. The summed E-state index contributed by atoms with van der Waals surface area (Å²) in [6, 6.07) is 0. The molecule has 3 N–H and O–H groups in total. The van der Waals surface area contributed by atoms with Gasteiger partial charge in [0.25, 0.3) is 0 Å². The van der Waals surface area contributed by atoms with E-state index < -0.39 is 18.5 Å². The first-order valence-electron chi connectivity index (χ1n) is 2.86. The van der Waals surface area contributed by atoms with Crippen molar-refractivity contribution in [1.82, 2.24) is 0 Å². The Balaban J connectivity index is 2.35. The Kier molecular flexibility index (Phi) is 2.02. The van der Waals surface area contributed by atoms with E-state index in [9.17, 15) is 0 Å². The lowest BCUT2D eigenvalue weighted by Gasteiger charge is -2.26. The predicted octanol–water partition coefficient (Wildman–Crippen LogP) is -1.55. The summed E-state index contributed by atoms with van der Waals surface area (Å²) in [6.45, 7) is 0.0162. The lowest BCUT2D eigenvalue weighted by molar-refractivity contribution is -0.193. The third-order valence-corrected chi connectivity index (χ3v) is 1.35. The van der Waals surface area contributed by atoms with E-state index in [0.717, 1.165) is 0 Å². The summed E-state index contributed by atoms with van der Waals surface area (Å²) in [5.74, 6) is 0. The normalized spacial score (nSPS) is 45.0. The van der Waals surface area contributed by atoms with E-state index in [4.69, 9.17) is 15.3 Å². The molecule has 1 aliphatic rings. The van der Waals surface area contributed by atoms with Gasteiger partial charge in [0, 0.05) is 6.42 Å². The number of hydrogen-bond acceptors (Lipinski definition) is 4. The molecule has 1 fully saturated rings. The van der Waals surface area contributed by atoms with E-state index in [2.05, 4.69) is 4.74 Å². The van der Waals surface area contributed by atoms with Crippen LogP contribution < -0.4 is 0 Å². The molecule has 0 aliphatic carbocycles. The molecule has 0 radical (unpaired) electrons. The molecule has 9 heavy (non-hydrogen) atoms. The molecule has 0 aromatic rings. The maximum absolute atomic E-state index is 8.86. The molecule has 0 aromatic carbocycles. The van der Waals surface area contributed by atoms with Crippen LogP contribution in [0.15, 0.2) is 0 Å². The van der Waals surface area contributed by atoms with E-state index in [1.807, 2.05) is 0 Å². The summed E-state index contributed by atoms with van der Waals surface area (Å²) >= 11 is 0. The molecular formula is C5H10O4. The lowest BCUT2D eigenvalue weighted by atomic mass is 10.1. The van der Waals surface area contributed by atoms with Gasteiger partial charge in [0.05, 0.1) is 12.7 Å². The number of aliphatic hydroxyl groups is 3. The zero-order chi connectivity index (χ0) is 6.85. The standard InChI is InChI=1S/C5H10O4/c6-3-1-5(8)9-2-4(3)7/h3-8H,1-2H2/t3?,4?,5-/m1/s1. The molecule has 4 heteroatoms. The minimum absolute atomic E-state index is 0.0162. The number of hydrogen-bond donors (Lipinski definition) is 3. The predicted molar refractivity (Wildman–Crippen MR) is 28.6 cm³/mol. The van der Waals surface area contributed by atoms with E-state index in [1.165, 1.54) is 0 Å². The van der Waals surface area contributed by atoms with Crippen molar-refractivity contribution < 1.29 is 20.1 Å². The first-order valence-corrected chi connectivity index (χ1v) is 2.86. The number of rotatable bonds is 0. The van der Waals surface area contributed by atoms with Crippen LogP contribution in [0.25, 0.3) is 0 Å². The Morgan fingerprint density at radius 2 is 1.78 bits per heavy atom. The molecule has 4 nitrogen and oxygen atoms in total. The molecule has 3 atom stereocenters. The third-order valence-electron chi connectivity index (χ3n) is 1.35. The van der Waals surface area contributed by atoms with Crippen molar-refractivity contribution in [2.24, 2.45) is 0 Å². The zero-order valence-corrected chi connectivity index (χ0v) is 4.90. The molecule has 0 amide bonds. The highest BCUT2D eigenvalue weighted by atomic mass is 16.6. The van der Waals surface area contributed by atoms with E-state index in [0.29, 0.717) is 0 Å². The fourth-order valence-electron chi connectivity index (χ4n) is 0.752. The summed E-state index contributed by atoms with van der Waals surface area (Å²) < 4.78 is 4.61. The molecule has 2 unspecified atom stereocenters. The van der Waals surface area contributed by atoms with Crippen LogP contribution in [0.4, 0.5) is 0 Å². The topological polar surface area (TPSA) is 69.9 Å². The zero-order valence-electron chi connectivity index (χ0n) is 4.90. The first kappa shape index (κ1) is 6.95. The van der Waals surface area contributed by atoms with Gasteiger partial charge in [-0.05, 0) is 0 Å². The minimum Gasteiger partial charge on any atom is -0.390 e. The number of ether oxygens (including phenoxy) is 1. The summed E-state index contributed by atoms with van der Waals surface area (Å²) in [6.07, 6.45) is -2.49. The molecule has 0 bridgehead atoms. The number of aliphatic hydroxyl groups excluding tert-OH is 3. The smallest absolute Gasteiger partial charge is 0.157 e. The van der Waals surface area contributed by atoms with E-state index in [1.54, 1.807) is 0 Å². The first-order chi connectivity index (χ1) is 4.20. The van der Waals surface area contributed by atoms with Crippen molar-refractivity contribution in [2.75, 3.05) is 6.61 Å². The molecule has 1 aliphatic heterocycles. The van der Waals surface area contributed by atoms with Crippen molar-refractivity contribution in [3.63, 3.8) is 0 Å². The molecule has 1 saturated heterocycles. The summed E-state index contributed by atoms with van der Waals surface area (Å²) in [5, 5.41) is 26.4. The summed E-state index contributed by atoms with van der Waals surface area (Å²) in [7, 11) is 0. The summed E-state index contributed by atoms with van der Waals surface area (Å²) in [5.41, 5.74) is 0. The summed E-state index contributed by atoms with van der Waals surface area (Å²) in [4.78, 5) is 0.